The maximum atomic E-state index is 12.9. The molecule has 0 atom stereocenters. The highest BCUT2D eigenvalue weighted by Gasteiger charge is 2.08. The number of hydrogen-bond donors (Lipinski definition) is 2. The Bertz CT molecular complexity index is 302. The van der Waals surface area contributed by atoms with Crippen LogP contribution in [0.15, 0.2) is 6.07 Å². The fraction of sp³-hybridized carbons (Fsp3) is 0.375. The molecule has 1 aromatic heterocycles. The lowest BCUT2D eigenvalue weighted by atomic mass is 10.4. The molecule has 0 aliphatic carbocycles. The molecule has 72 valence electrons. The number of pyridine rings is 1. The van der Waals surface area contributed by atoms with Gasteiger partial charge in [0.05, 0.1) is 0 Å². The van der Waals surface area contributed by atoms with E-state index in [1.165, 1.54) is 0 Å². The molecule has 0 unspecified atom stereocenters. The van der Waals surface area contributed by atoms with Crippen LogP contribution in [0.2, 0.25) is 0 Å². The summed E-state index contributed by atoms with van der Waals surface area (Å²) >= 11 is 0. The van der Waals surface area contributed by atoms with Crippen molar-refractivity contribution in [3.8, 4) is 0 Å². The smallest absolute Gasteiger partial charge is 0.168 e. The van der Waals surface area contributed by atoms with Crippen molar-refractivity contribution in [2.75, 3.05) is 17.6 Å². The van der Waals surface area contributed by atoms with Gasteiger partial charge in [-0.2, -0.15) is 0 Å². The first-order chi connectivity index (χ1) is 6.15. The summed E-state index contributed by atoms with van der Waals surface area (Å²) in [5.41, 5.74) is 5.17. The lowest BCUT2D eigenvalue weighted by molar-refractivity contribution is 0.579. The molecule has 3 N–H and O–H groups in total. The summed E-state index contributed by atoms with van der Waals surface area (Å²) in [4.78, 5) is 3.53. The largest absolute Gasteiger partial charge is 0.381 e. The van der Waals surface area contributed by atoms with Crippen LogP contribution in [-0.4, -0.2) is 11.5 Å². The number of nitrogens with zero attached hydrogens (tertiary/aromatic N) is 1. The molecule has 1 heterocycles. The molecule has 0 radical (unpaired) electrons. The lowest BCUT2D eigenvalue weighted by Gasteiger charge is -2.05. The SMILES string of the molecule is CCCNc1nc(N)c(F)cc1F. The molecule has 0 spiro atoms. The van der Waals surface area contributed by atoms with Crippen molar-refractivity contribution in [2.45, 2.75) is 13.3 Å². The Hall–Kier alpha value is -1.39. The minimum absolute atomic E-state index is 0.000694. The Morgan fingerprint density at radius 2 is 2.15 bits per heavy atom. The molecule has 0 saturated carbocycles. The number of aromatic nitrogens is 1. The average Bonchev–Trinajstić information content (AvgIpc) is 2.09. The van der Waals surface area contributed by atoms with Gasteiger partial charge in [-0.25, -0.2) is 13.8 Å². The summed E-state index contributed by atoms with van der Waals surface area (Å²) in [6.45, 7) is 2.51. The fourth-order valence-corrected chi connectivity index (χ4v) is 0.848. The Balaban J connectivity index is 2.88. The van der Waals surface area contributed by atoms with Crippen molar-refractivity contribution in [3.63, 3.8) is 0 Å². The van der Waals surface area contributed by atoms with Crippen molar-refractivity contribution in [3.05, 3.63) is 17.7 Å². The summed E-state index contributed by atoms with van der Waals surface area (Å²) in [6.07, 6.45) is 0.832. The Morgan fingerprint density at radius 1 is 1.46 bits per heavy atom. The molecule has 0 fully saturated rings. The van der Waals surface area contributed by atoms with Crippen molar-refractivity contribution < 1.29 is 8.78 Å². The van der Waals surface area contributed by atoms with Crippen molar-refractivity contribution in [1.29, 1.82) is 0 Å². The maximum Gasteiger partial charge on any atom is 0.168 e. The lowest BCUT2D eigenvalue weighted by Crippen LogP contribution is -2.07. The first-order valence-electron chi connectivity index (χ1n) is 4.00. The van der Waals surface area contributed by atoms with E-state index in [2.05, 4.69) is 10.3 Å². The van der Waals surface area contributed by atoms with Crippen LogP contribution in [0, 0.1) is 11.6 Å². The van der Waals surface area contributed by atoms with Crippen LogP contribution in [0.25, 0.3) is 0 Å². The fourth-order valence-electron chi connectivity index (χ4n) is 0.848. The van der Waals surface area contributed by atoms with E-state index < -0.39 is 11.6 Å². The highest BCUT2D eigenvalue weighted by atomic mass is 19.1. The van der Waals surface area contributed by atoms with Crippen LogP contribution in [0.3, 0.4) is 0 Å². The van der Waals surface area contributed by atoms with Crippen molar-refractivity contribution in [2.24, 2.45) is 0 Å². The Morgan fingerprint density at radius 3 is 2.77 bits per heavy atom. The normalized spacial score (nSPS) is 10.1. The molecule has 0 amide bonds. The first-order valence-corrected chi connectivity index (χ1v) is 4.00. The van der Waals surface area contributed by atoms with Gasteiger partial charge in [0, 0.05) is 12.6 Å². The van der Waals surface area contributed by atoms with Crippen molar-refractivity contribution >= 4 is 11.6 Å². The van der Waals surface area contributed by atoms with Gasteiger partial charge in [-0.05, 0) is 6.42 Å². The van der Waals surface area contributed by atoms with Gasteiger partial charge in [0.2, 0.25) is 0 Å². The third-order valence-electron chi connectivity index (χ3n) is 1.50. The number of anilines is 2. The molecule has 5 heteroatoms. The zero-order valence-electron chi connectivity index (χ0n) is 7.27. The molecule has 0 aliphatic heterocycles. The van der Waals surface area contributed by atoms with E-state index in [0.29, 0.717) is 6.54 Å². The molecule has 0 saturated heterocycles. The first kappa shape index (κ1) is 9.70. The molecule has 1 aromatic rings. The summed E-state index contributed by atoms with van der Waals surface area (Å²) in [7, 11) is 0. The van der Waals surface area contributed by atoms with E-state index in [9.17, 15) is 8.78 Å². The Labute approximate surface area is 75.0 Å². The number of halogens is 2. The third-order valence-corrected chi connectivity index (χ3v) is 1.50. The molecule has 3 nitrogen and oxygen atoms in total. The highest BCUT2D eigenvalue weighted by Crippen LogP contribution is 2.16. The van der Waals surface area contributed by atoms with Gasteiger partial charge in [0.25, 0.3) is 0 Å². The maximum absolute atomic E-state index is 12.9. The van der Waals surface area contributed by atoms with E-state index in [4.69, 9.17) is 5.73 Å². The molecular formula is C8H11F2N3. The van der Waals surface area contributed by atoms with E-state index >= 15 is 0 Å². The van der Waals surface area contributed by atoms with Crippen molar-refractivity contribution in [1.82, 2.24) is 4.98 Å². The minimum atomic E-state index is -0.834. The van der Waals surface area contributed by atoms with Crippen LogP contribution in [0.5, 0.6) is 0 Å². The van der Waals surface area contributed by atoms with Crippen LogP contribution >= 0.6 is 0 Å². The zero-order chi connectivity index (χ0) is 9.84. The van der Waals surface area contributed by atoms with Gasteiger partial charge in [0.1, 0.15) is 0 Å². The average molecular weight is 187 g/mol. The molecule has 0 aromatic carbocycles. The van der Waals surface area contributed by atoms with Gasteiger partial charge in [-0.3, -0.25) is 0 Å². The van der Waals surface area contributed by atoms with Gasteiger partial charge in [-0.1, -0.05) is 6.92 Å². The summed E-state index contributed by atoms with van der Waals surface area (Å²) in [5, 5.41) is 2.70. The van der Waals surface area contributed by atoms with Gasteiger partial charge in [-0.15, -0.1) is 0 Å². The van der Waals surface area contributed by atoms with Crippen LogP contribution in [-0.2, 0) is 0 Å². The molecule has 1 rings (SSSR count). The summed E-state index contributed by atoms with van der Waals surface area (Å²) in [6, 6.07) is 0.723. The monoisotopic (exact) mass is 187 g/mol. The predicted molar refractivity (Wildman–Crippen MR) is 47.3 cm³/mol. The van der Waals surface area contributed by atoms with E-state index in [1.807, 2.05) is 6.92 Å². The van der Waals surface area contributed by atoms with Gasteiger partial charge in [0.15, 0.2) is 23.3 Å². The van der Waals surface area contributed by atoms with Gasteiger partial charge < -0.3 is 11.1 Å². The Kier molecular flexibility index (Phi) is 3.00. The second-order valence-corrected chi connectivity index (χ2v) is 2.61. The number of nitrogen functional groups attached to an aromatic ring is 1. The zero-order valence-corrected chi connectivity index (χ0v) is 7.27. The number of rotatable bonds is 3. The summed E-state index contributed by atoms with van der Waals surface area (Å²) in [5.74, 6) is -1.85. The quantitative estimate of drug-likeness (QED) is 0.758. The number of nitrogens with two attached hydrogens (primary N) is 1. The predicted octanol–water partition coefficient (Wildman–Crippen LogP) is 1.76. The van der Waals surface area contributed by atoms with Crippen LogP contribution in [0.4, 0.5) is 20.4 Å². The molecular weight excluding hydrogens is 176 g/mol. The summed E-state index contributed by atoms with van der Waals surface area (Å²) < 4.78 is 25.6. The van der Waals surface area contributed by atoms with E-state index in [0.717, 1.165) is 12.5 Å². The second-order valence-electron chi connectivity index (χ2n) is 2.61. The topological polar surface area (TPSA) is 50.9 Å². The molecule has 0 bridgehead atoms. The standard InChI is InChI=1S/C8H11F2N3/c1-2-3-12-8-6(10)4-5(9)7(11)13-8/h4H,2-3H2,1H3,(H3,11,12,13). The molecule has 0 aliphatic rings. The minimum Gasteiger partial charge on any atom is -0.381 e. The van der Waals surface area contributed by atoms with Gasteiger partial charge >= 0.3 is 0 Å². The van der Waals surface area contributed by atoms with Crippen LogP contribution < -0.4 is 11.1 Å². The van der Waals surface area contributed by atoms with E-state index in [-0.39, 0.29) is 11.6 Å². The number of nitrogens with one attached hydrogen (secondary N) is 1. The highest BCUT2D eigenvalue weighted by molar-refractivity contribution is 5.44. The second kappa shape index (κ2) is 4.02. The van der Waals surface area contributed by atoms with Crippen LogP contribution in [0.1, 0.15) is 13.3 Å². The van der Waals surface area contributed by atoms with E-state index in [1.54, 1.807) is 0 Å². The third kappa shape index (κ3) is 2.27. The molecule has 13 heavy (non-hydrogen) atoms. The number of hydrogen-bond acceptors (Lipinski definition) is 3.